The summed E-state index contributed by atoms with van der Waals surface area (Å²) in [4.78, 5) is 24.3. The molecule has 0 bridgehead atoms. The molecule has 1 heterocycles. The van der Waals surface area contributed by atoms with Crippen molar-refractivity contribution in [2.24, 2.45) is 0 Å². The lowest BCUT2D eigenvalue weighted by Gasteiger charge is -2.10. The van der Waals surface area contributed by atoms with Crippen LogP contribution >= 0.6 is 0 Å². The Morgan fingerprint density at radius 2 is 1.55 bits per heavy atom. The SMILES string of the molecule is O=C(Nc1ccccc1)Nc1ccc(C(=O)NCCOc2ccc3c(c2)OCO3)cc1. The van der Waals surface area contributed by atoms with Crippen molar-refractivity contribution >= 4 is 23.3 Å². The molecule has 3 N–H and O–H groups in total. The Bertz CT molecular complexity index is 1050. The molecule has 3 aromatic rings. The van der Waals surface area contributed by atoms with Gasteiger partial charge in [-0.05, 0) is 48.5 Å². The molecule has 8 nitrogen and oxygen atoms in total. The molecular formula is C23H21N3O5. The van der Waals surface area contributed by atoms with Crippen LogP contribution in [0.5, 0.6) is 17.2 Å². The van der Waals surface area contributed by atoms with Crippen LogP contribution in [-0.4, -0.2) is 31.9 Å². The number of amides is 3. The number of hydrogen-bond acceptors (Lipinski definition) is 5. The molecule has 0 radical (unpaired) electrons. The number of rotatable bonds is 7. The summed E-state index contributed by atoms with van der Waals surface area (Å²) in [5.74, 6) is 1.75. The van der Waals surface area contributed by atoms with Gasteiger partial charge in [-0.25, -0.2) is 4.79 Å². The van der Waals surface area contributed by atoms with Crippen molar-refractivity contribution in [3.63, 3.8) is 0 Å². The summed E-state index contributed by atoms with van der Waals surface area (Å²) in [6, 6.07) is 20.7. The largest absolute Gasteiger partial charge is 0.492 e. The molecule has 3 aromatic carbocycles. The van der Waals surface area contributed by atoms with E-state index in [0.717, 1.165) is 0 Å². The van der Waals surface area contributed by atoms with Gasteiger partial charge in [-0.3, -0.25) is 4.79 Å². The second-order valence-corrected chi connectivity index (χ2v) is 6.64. The van der Waals surface area contributed by atoms with E-state index in [4.69, 9.17) is 14.2 Å². The highest BCUT2D eigenvalue weighted by molar-refractivity contribution is 6.00. The number of anilines is 2. The molecular weight excluding hydrogens is 398 g/mol. The predicted molar refractivity (Wildman–Crippen MR) is 116 cm³/mol. The Morgan fingerprint density at radius 3 is 2.32 bits per heavy atom. The molecule has 0 fully saturated rings. The number of carbonyl (C=O) groups is 2. The molecule has 158 valence electrons. The molecule has 0 saturated carbocycles. The maximum Gasteiger partial charge on any atom is 0.323 e. The fraction of sp³-hybridized carbons (Fsp3) is 0.130. The van der Waals surface area contributed by atoms with E-state index < -0.39 is 0 Å². The highest BCUT2D eigenvalue weighted by Gasteiger charge is 2.13. The van der Waals surface area contributed by atoms with E-state index in [-0.39, 0.29) is 18.7 Å². The maximum atomic E-state index is 12.3. The zero-order valence-electron chi connectivity index (χ0n) is 16.6. The zero-order chi connectivity index (χ0) is 21.5. The molecule has 31 heavy (non-hydrogen) atoms. The van der Waals surface area contributed by atoms with Crippen molar-refractivity contribution in [3.8, 4) is 17.2 Å². The first kappa shape index (κ1) is 20.1. The van der Waals surface area contributed by atoms with Crippen LogP contribution < -0.4 is 30.2 Å². The van der Waals surface area contributed by atoms with Crippen molar-refractivity contribution in [2.45, 2.75) is 0 Å². The van der Waals surface area contributed by atoms with Gasteiger partial charge in [-0.2, -0.15) is 0 Å². The number of nitrogens with one attached hydrogen (secondary N) is 3. The van der Waals surface area contributed by atoms with Crippen LogP contribution in [0.4, 0.5) is 16.2 Å². The maximum absolute atomic E-state index is 12.3. The van der Waals surface area contributed by atoms with Crippen LogP contribution in [-0.2, 0) is 0 Å². The van der Waals surface area contributed by atoms with Gasteiger partial charge in [0.05, 0.1) is 6.54 Å². The van der Waals surface area contributed by atoms with Gasteiger partial charge in [0.25, 0.3) is 5.91 Å². The monoisotopic (exact) mass is 419 g/mol. The van der Waals surface area contributed by atoms with Crippen molar-refractivity contribution in [2.75, 3.05) is 30.6 Å². The zero-order valence-corrected chi connectivity index (χ0v) is 16.6. The number of benzene rings is 3. The Balaban J connectivity index is 1.20. The summed E-state index contributed by atoms with van der Waals surface area (Å²) in [5, 5.41) is 8.25. The number of ether oxygens (including phenoxy) is 3. The molecule has 0 spiro atoms. The molecule has 0 unspecified atom stereocenters. The van der Waals surface area contributed by atoms with Gasteiger partial charge in [-0.1, -0.05) is 18.2 Å². The third-order valence-electron chi connectivity index (χ3n) is 4.44. The third-order valence-corrected chi connectivity index (χ3v) is 4.44. The van der Waals surface area contributed by atoms with Gasteiger partial charge in [0.1, 0.15) is 12.4 Å². The third kappa shape index (κ3) is 5.45. The standard InChI is InChI=1S/C23H21N3O5/c27-22(24-12-13-29-19-10-11-20-21(14-19)31-15-30-20)16-6-8-18(9-7-16)26-23(28)25-17-4-2-1-3-5-17/h1-11,14H,12-13,15H2,(H,24,27)(H2,25,26,28). The average Bonchev–Trinajstić information content (AvgIpc) is 3.25. The molecule has 0 atom stereocenters. The lowest BCUT2D eigenvalue weighted by atomic mass is 10.2. The molecule has 3 amide bonds. The minimum absolute atomic E-state index is 0.209. The number of para-hydroxylation sites is 1. The topological polar surface area (TPSA) is 97.9 Å². The normalized spacial score (nSPS) is 11.5. The van der Waals surface area contributed by atoms with Crippen LogP contribution in [0.25, 0.3) is 0 Å². The first-order valence-corrected chi connectivity index (χ1v) is 9.71. The highest BCUT2D eigenvalue weighted by Crippen LogP contribution is 2.34. The van der Waals surface area contributed by atoms with Gasteiger partial charge in [0.2, 0.25) is 6.79 Å². The minimum Gasteiger partial charge on any atom is -0.492 e. The van der Waals surface area contributed by atoms with Crippen LogP contribution in [0.2, 0.25) is 0 Å². The second kappa shape index (κ2) is 9.53. The summed E-state index contributed by atoms with van der Waals surface area (Å²) in [5.41, 5.74) is 1.76. The number of fused-ring (bicyclic) bond motifs is 1. The molecule has 0 aliphatic carbocycles. The van der Waals surface area contributed by atoms with E-state index in [9.17, 15) is 9.59 Å². The van der Waals surface area contributed by atoms with E-state index in [2.05, 4.69) is 16.0 Å². The van der Waals surface area contributed by atoms with Crippen LogP contribution in [0, 0.1) is 0 Å². The Labute approximate surface area is 179 Å². The van der Waals surface area contributed by atoms with Crippen molar-refractivity contribution in [1.29, 1.82) is 0 Å². The molecule has 8 heteroatoms. The molecule has 0 aromatic heterocycles. The summed E-state index contributed by atoms with van der Waals surface area (Å²) in [6.07, 6.45) is 0. The van der Waals surface area contributed by atoms with E-state index >= 15 is 0 Å². The molecule has 1 aliphatic rings. The minimum atomic E-state index is -0.357. The number of urea groups is 1. The fourth-order valence-corrected chi connectivity index (χ4v) is 2.92. The highest BCUT2D eigenvalue weighted by atomic mass is 16.7. The first-order chi connectivity index (χ1) is 15.2. The number of carbonyl (C=O) groups excluding carboxylic acids is 2. The van der Waals surface area contributed by atoms with Gasteiger partial charge in [-0.15, -0.1) is 0 Å². The Hall–Kier alpha value is -4.20. The summed E-state index contributed by atoms with van der Waals surface area (Å²) < 4.78 is 16.2. The van der Waals surface area contributed by atoms with Gasteiger partial charge in [0, 0.05) is 23.0 Å². The van der Waals surface area contributed by atoms with Gasteiger partial charge >= 0.3 is 6.03 Å². The van der Waals surface area contributed by atoms with Crippen molar-refractivity contribution in [3.05, 3.63) is 78.4 Å². The van der Waals surface area contributed by atoms with Crippen LogP contribution in [0.15, 0.2) is 72.8 Å². The summed E-state index contributed by atoms with van der Waals surface area (Å²) >= 11 is 0. The summed E-state index contributed by atoms with van der Waals surface area (Å²) in [6.45, 7) is 0.859. The number of hydrogen-bond donors (Lipinski definition) is 3. The van der Waals surface area contributed by atoms with Gasteiger partial charge < -0.3 is 30.2 Å². The van der Waals surface area contributed by atoms with Gasteiger partial charge in [0.15, 0.2) is 11.5 Å². The smallest absolute Gasteiger partial charge is 0.323 e. The second-order valence-electron chi connectivity index (χ2n) is 6.64. The Morgan fingerprint density at radius 1 is 0.839 bits per heavy atom. The van der Waals surface area contributed by atoms with E-state index in [1.807, 2.05) is 18.2 Å². The molecule has 1 aliphatic heterocycles. The average molecular weight is 419 g/mol. The fourth-order valence-electron chi connectivity index (χ4n) is 2.92. The lowest BCUT2D eigenvalue weighted by molar-refractivity contribution is 0.0947. The molecule has 4 rings (SSSR count). The first-order valence-electron chi connectivity index (χ1n) is 9.71. The van der Waals surface area contributed by atoms with E-state index in [0.29, 0.717) is 47.3 Å². The van der Waals surface area contributed by atoms with E-state index in [1.54, 1.807) is 54.6 Å². The summed E-state index contributed by atoms with van der Waals surface area (Å²) in [7, 11) is 0. The lowest BCUT2D eigenvalue weighted by Crippen LogP contribution is -2.28. The van der Waals surface area contributed by atoms with Crippen LogP contribution in [0.1, 0.15) is 10.4 Å². The van der Waals surface area contributed by atoms with E-state index in [1.165, 1.54) is 0 Å². The Kier molecular flexibility index (Phi) is 6.18. The predicted octanol–water partition coefficient (Wildman–Crippen LogP) is 3.87. The van der Waals surface area contributed by atoms with Crippen LogP contribution in [0.3, 0.4) is 0 Å². The van der Waals surface area contributed by atoms with Crippen molar-refractivity contribution in [1.82, 2.24) is 5.32 Å². The molecule has 0 saturated heterocycles. The quantitative estimate of drug-likeness (QED) is 0.505. The van der Waals surface area contributed by atoms with Crippen molar-refractivity contribution < 1.29 is 23.8 Å².